The number of aryl methyl sites for hydroxylation is 1. The molecule has 2 aromatic carbocycles. The number of anilines is 2. The van der Waals surface area contributed by atoms with Gasteiger partial charge in [-0.25, -0.2) is 4.68 Å². The third-order valence-corrected chi connectivity index (χ3v) is 5.04. The zero-order valence-electron chi connectivity index (χ0n) is 16.9. The summed E-state index contributed by atoms with van der Waals surface area (Å²) in [7, 11) is 0. The lowest BCUT2D eigenvalue weighted by Gasteiger charge is -2.12. The molecular formula is C22H20Cl2N4O3. The molecule has 7 nitrogen and oxygen atoms in total. The molecule has 0 bridgehead atoms. The van der Waals surface area contributed by atoms with Crippen LogP contribution in [-0.4, -0.2) is 21.6 Å². The minimum atomic E-state index is -0.462. The molecule has 3 aromatic rings. The van der Waals surface area contributed by atoms with Crippen molar-refractivity contribution in [2.24, 2.45) is 0 Å². The highest BCUT2D eigenvalue weighted by molar-refractivity contribution is 6.36. The molecule has 0 aliphatic carbocycles. The Bertz CT molecular complexity index is 1210. The summed E-state index contributed by atoms with van der Waals surface area (Å²) in [5.74, 6) is -0.563. The average molecular weight is 459 g/mol. The lowest BCUT2D eigenvalue weighted by Crippen LogP contribution is -2.29. The van der Waals surface area contributed by atoms with Crippen molar-refractivity contribution in [2.45, 2.75) is 26.8 Å². The van der Waals surface area contributed by atoms with Gasteiger partial charge in [0, 0.05) is 28.8 Å². The van der Waals surface area contributed by atoms with E-state index in [2.05, 4.69) is 15.7 Å². The van der Waals surface area contributed by atoms with Crippen LogP contribution < -0.4 is 16.2 Å². The predicted molar refractivity (Wildman–Crippen MR) is 123 cm³/mol. The summed E-state index contributed by atoms with van der Waals surface area (Å²) in [6.07, 6.45) is 0.361. The fourth-order valence-corrected chi connectivity index (χ4v) is 3.24. The van der Waals surface area contributed by atoms with E-state index in [1.54, 1.807) is 31.2 Å². The van der Waals surface area contributed by atoms with Gasteiger partial charge in [-0.3, -0.25) is 14.4 Å². The SMILES string of the molecule is CCC(=O)Nc1cc(-c2ccc(=O)n(CC(=O)Nc3ccc(Cl)cc3Cl)n2)ccc1C. The van der Waals surface area contributed by atoms with E-state index in [4.69, 9.17) is 23.2 Å². The first-order valence-electron chi connectivity index (χ1n) is 9.50. The molecule has 0 saturated carbocycles. The molecule has 9 heteroatoms. The number of hydrogen-bond donors (Lipinski definition) is 2. The topological polar surface area (TPSA) is 93.1 Å². The number of nitrogens with zero attached hydrogens (tertiary/aromatic N) is 2. The van der Waals surface area contributed by atoms with Gasteiger partial charge in [-0.05, 0) is 42.8 Å². The summed E-state index contributed by atoms with van der Waals surface area (Å²) in [4.78, 5) is 36.4. The number of nitrogens with one attached hydrogen (secondary N) is 2. The van der Waals surface area contributed by atoms with Gasteiger partial charge in [0.25, 0.3) is 5.56 Å². The predicted octanol–water partition coefficient (Wildman–Crippen LogP) is 4.51. The number of benzene rings is 2. The van der Waals surface area contributed by atoms with Crippen molar-refractivity contribution in [3.8, 4) is 11.3 Å². The summed E-state index contributed by atoms with van der Waals surface area (Å²) < 4.78 is 1.07. The highest BCUT2D eigenvalue weighted by Gasteiger charge is 2.12. The molecule has 160 valence electrons. The Kier molecular flexibility index (Phi) is 7.09. The molecule has 31 heavy (non-hydrogen) atoms. The summed E-state index contributed by atoms with van der Waals surface area (Å²) in [5, 5.41) is 10.5. The molecule has 0 fully saturated rings. The number of carbonyl (C=O) groups excluding carboxylic acids is 2. The molecule has 1 aromatic heterocycles. The van der Waals surface area contributed by atoms with Crippen LogP contribution in [-0.2, 0) is 16.1 Å². The molecule has 0 saturated heterocycles. The Morgan fingerprint density at radius 3 is 2.42 bits per heavy atom. The number of rotatable bonds is 6. The fourth-order valence-electron chi connectivity index (χ4n) is 2.79. The molecular weight excluding hydrogens is 439 g/mol. The Morgan fingerprint density at radius 1 is 0.968 bits per heavy atom. The van der Waals surface area contributed by atoms with Crippen LogP contribution in [0.4, 0.5) is 11.4 Å². The molecule has 2 N–H and O–H groups in total. The third-order valence-electron chi connectivity index (χ3n) is 4.49. The van der Waals surface area contributed by atoms with Crippen LogP contribution in [0.2, 0.25) is 10.0 Å². The van der Waals surface area contributed by atoms with Crippen LogP contribution in [0, 0.1) is 6.92 Å². The van der Waals surface area contributed by atoms with Gasteiger partial charge in [0.05, 0.1) is 16.4 Å². The van der Waals surface area contributed by atoms with Crippen LogP contribution in [0.15, 0.2) is 53.3 Å². The van der Waals surface area contributed by atoms with Gasteiger partial charge in [0.15, 0.2) is 0 Å². The number of carbonyl (C=O) groups is 2. The van der Waals surface area contributed by atoms with Crippen LogP contribution in [0.1, 0.15) is 18.9 Å². The van der Waals surface area contributed by atoms with E-state index in [9.17, 15) is 14.4 Å². The highest BCUT2D eigenvalue weighted by atomic mass is 35.5. The molecule has 0 spiro atoms. The minimum Gasteiger partial charge on any atom is -0.326 e. The second kappa shape index (κ2) is 9.76. The molecule has 0 unspecified atom stereocenters. The van der Waals surface area contributed by atoms with E-state index in [0.717, 1.165) is 10.2 Å². The Hall–Kier alpha value is -3.16. The molecule has 0 aliphatic heterocycles. The quantitative estimate of drug-likeness (QED) is 0.567. The van der Waals surface area contributed by atoms with Crippen LogP contribution in [0.5, 0.6) is 0 Å². The van der Waals surface area contributed by atoms with Crippen LogP contribution in [0.25, 0.3) is 11.3 Å². The first kappa shape index (κ1) is 22.5. The average Bonchev–Trinajstić information content (AvgIpc) is 2.73. The lowest BCUT2D eigenvalue weighted by molar-refractivity contribution is -0.117. The van der Waals surface area contributed by atoms with E-state index in [1.807, 2.05) is 19.1 Å². The molecule has 0 atom stereocenters. The van der Waals surface area contributed by atoms with Gasteiger partial charge in [-0.2, -0.15) is 5.10 Å². The maximum Gasteiger partial charge on any atom is 0.267 e. The van der Waals surface area contributed by atoms with Gasteiger partial charge in [0.2, 0.25) is 11.8 Å². The summed E-state index contributed by atoms with van der Waals surface area (Å²) in [5.41, 5.74) is 2.72. The second-order valence-electron chi connectivity index (χ2n) is 6.82. The van der Waals surface area contributed by atoms with E-state index in [-0.39, 0.29) is 17.5 Å². The zero-order chi connectivity index (χ0) is 22.5. The Morgan fingerprint density at radius 2 is 1.71 bits per heavy atom. The van der Waals surface area contributed by atoms with Crippen LogP contribution in [0.3, 0.4) is 0 Å². The summed E-state index contributed by atoms with van der Waals surface area (Å²) >= 11 is 11.9. The van der Waals surface area contributed by atoms with Gasteiger partial charge in [-0.15, -0.1) is 0 Å². The normalized spacial score (nSPS) is 10.6. The molecule has 1 heterocycles. The summed E-state index contributed by atoms with van der Waals surface area (Å²) in [6, 6.07) is 13.1. The first-order valence-corrected chi connectivity index (χ1v) is 10.3. The molecule has 0 aliphatic rings. The molecule has 2 amide bonds. The molecule has 0 radical (unpaired) electrons. The maximum absolute atomic E-state index is 12.4. The minimum absolute atomic E-state index is 0.101. The Labute approximate surface area is 189 Å². The van der Waals surface area contributed by atoms with E-state index in [0.29, 0.717) is 34.1 Å². The van der Waals surface area contributed by atoms with E-state index in [1.165, 1.54) is 12.1 Å². The van der Waals surface area contributed by atoms with Gasteiger partial charge in [-0.1, -0.05) is 42.3 Å². The summed E-state index contributed by atoms with van der Waals surface area (Å²) in [6.45, 7) is 3.36. The zero-order valence-corrected chi connectivity index (χ0v) is 18.4. The van der Waals surface area contributed by atoms with Crippen molar-refractivity contribution in [1.82, 2.24) is 9.78 Å². The third kappa shape index (κ3) is 5.71. The van der Waals surface area contributed by atoms with Gasteiger partial charge >= 0.3 is 0 Å². The van der Waals surface area contributed by atoms with Crippen molar-refractivity contribution in [3.63, 3.8) is 0 Å². The van der Waals surface area contributed by atoms with E-state index >= 15 is 0 Å². The van der Waals surface area contributed by atoms with Crippen molar-refractivity contribution in [1.29, 1.82) is 0 Å². The monoisotopic (exact) mass is 458 g/mol. The van der Waals surface area contributed by atoms with Crippen molar-refractivity contribution < 1.29 is 9.59 Å². The van der Waals surface area contributed by atoms with Crippen molar-refractivity contribution >= 4 is 46.4 Å². The fraction of sp³-hybridized carbons (Fsp3) is 0.182. The number of amides is 2. The van der Waals surface area contributed by atoms with E-state index < -0.39 is 11.5 Å². The number of aromatic nitrogens is 2. The number of hydrogen-bond acceptors (Lipinski definition) is 4. The van der Waals surface area contributed by atoms with Crippen molar-refractivity contribution in [3.05, 3.63) is 74.5 Å². The van der Waals surface area contributed by atoms with Gasteiger partial charge in [0.1, 0.15) is 6.54 Å². The van der Waals surface area contributed by atoms with Crippen molar-refractivity contribution in [2.75, 3.05) is 10.6 Å². The van der Waals surface area contributed by atoms with Gasteiger partial charge < -0.3 is 10.6 Å². The number of halogens is 2. The largest absolute Gasteiger partial charge is 0.326 e. The second-order valence-corrected chi connectivity index (χ2v) is 7.66. The lowest BCUT2D eigenvalue weighted by atomic mass is 10.1. The van der Waals surface area contributed by atoms with Crippen LogP contribution >= 0.6 is 23.2 Å². The Balaban J connectivity index is 1.83. The highest BCUT2D eigenvalue weighted by Crippen LogP contribution is 2.26. The molecule has 3 rings (SSSR count). The smallest absolute Gasteiger partial charge is 0.267 e. The standard InChI is InChI=1S/C22H20Cl2N4O3/c1-3-20(29)26-19-10-14(5-4-13(19)2)17-8-9-22(31)28(27-17)12-21(30)25-18-7-6-15(23)11-16(18)24/h4-11H,3,12H2,1-2H3,(H,25,30)(H,26,29). The maximum atomic E-state index is 12.4. The first-order chi connectivity index (χ1) is 14.8.